The largest absolute Gasteiger partial charge is 0.386 e. The van der Waals surface area contributed by atoms with Crippen molar-refractivity contribution in [2.45, 2.75) is 70.4 Å². The van der Waals surface area contributed by atoms with Crippen molar-refractivity contribution in [3.8, 4) is 0 Å². The van der Waals surface area contributed by atoms with Crippen LogP contribution >= 0.6 is 0 Å². The van der Waals surface area contributed by atoms with Crippen LogP contribution in [0.1, 0.15) is 58.3 Å². The van der Waals surface area contributed by atoms with E-state index in [0.717, 1.165) is 32.1 Å². The van der Waals surface area contributed by atoms with Crippen molar-refractivity contribution in [2.24, 2.45) is 0 Å². The highest BCUT2D eigenvalue weighted by molar-refractivity contribution is 5.50. The summed E-state index contributed by atoms with van der Waals surface area (Å²) < 4.78 is 0. The summed E-state index contributed by atoms with van der Waals surface area (Å²) in [5.41, 5.74) is 0. The minimum Gasteiger partial charge on any atom is -0.386 e. The quantitative estimate of drug-likeness (QED) is 0.178. The van der Waals surface area contributed by atoms with E-state index in [1.807, 2.05) is 43.6 Å². The molecule has 1 N–H and O–H groups in total. The number of carbonyl (C=O) groups excluding carboxylic acids is 1. The molecule has 2 unspecified atom stereocenters. The molecule has 27 heavy (non-hydrogen) atoms. The van der Waals surface area contributed by atoms with E-state index in [1.165, 1.54) is 0 Å². The number of hydrogen-bond donors (Lipinski definition) is 1. The van der Waals surface area contributed by atoms with Crippen LogP contribution in [0.25, 0.3) is 0 Å². The summed E-state index contributed by atoms with van der Waals surface area (Å²) in [4.78, 5) is 20.6. The maximum Gasteiger partial charge on any atom is 0.242 e. The van der Waals surface area contributed by atoms with Crippen molar-refractivity contribution in [3.63, 3.8) is 0 Å². The van der Waals surface area contributed by atoms with Gasteiger partial charge in [-0.25, -0.2) is 0 Å². The second-order valence-corrected chi connectivity index (χ2v) is 6.05. The molecule has 0 aliphatic carbocycles. The number of allylic oxidation sites excluding steroid dienone is 8. The number of nitro groups is 1. The topological polar surface area (TPSA) is 80.4 Å². The number of aliphatic hydroxyl groups is 1. The summed E-state index contributed by atoms with van der Waals surface area (Å²) in [5.74, 6) is 0. The molecule has 0 aromatic heterocycles. The first-order valence-corrected chi connectivity index (χ1v) is 9.55. The SMILES string of the molecule is CC/C=C\CC(C(O)C/C=C\C/C=C\C/C=C\C/C=C\CC[C]=O)[N+](=O)[O-]. The molecule has 0 aromatic rings. The average Bonchev–Trinajstić information content (AvgIpc) is 2.65. The molecule has 2 atom stereocenters. The molecule has 5 heteroatoms. The summed E-state index contributed by atoms with van der Waals surface area (Å²) in [6.07, 6.45) is 25.5. The predicted molar refractivity (Wildman–Crippen MR) is 111 cm³/mol. The third-order valence-electron chi connectivity index (χ3n) is 3.77. The molecule has 0 rings (SSSR count). The fourth-order valence-corrected chi connectivity index (χ4v) is 2.25. The number of aliphatic hydroxyl groups excluding tert-OH is 1. The van der Waals surface area contributed by atoms with E-state index in [1.54, 1.807) is 12.2 Å². The highest BCUT2D eigenvalue weighted by Gasteiger charge is 2.27. The fourth-order valence-electron chi connectivity index (χ4n) is 2.25. The van der Waals surface area contributed by atoms with Crippen molar-refractivity contribution >= 4 is 6.29 Å². The van der Waals surface area contributed by atoms with Gasteiger partial charge in [-0.3, -0.25) is 14.9 Å². The highest BCUT2D eigenvalue weighted by Crippen LogP contribution is 2.10. The Balaban J connectivity index is 3.95. The second kappa shape index (κ2) is 18.5. The molecule has 0 heterocycles. The molecule has 0 amide bonds. The number of rotatable bonds is 16. The molecule has 149 valence electrons. The Bertz CT molecular complexity index is 532. The van der Waals surface area contributed by atoms with Gasteiger partial charge in [-0.05, 0) is 38.5 Å². The number of hydrogen-bond acceptors (Lipinski definition) is 4. The Kier molecular flexibility index (Phi) is 17.0. The summed E-state index contributed by atoms with van der Waals surface area (Å²) in [6, 6.07) is -0.955. The van der Waals surface area contributed by atoms with Crippen LogP contribution in [0.4, 0.5) is 0 Å². The third kappa shape index (κ3) is 15.7. The Hall–Kier alpha value is -2.27. The van der Waals surface area contributed by atoms with Crippen LogP contribution in [0, 0.1) is 10.1 Å². The van der Waals surface area contributed by atoms with Gasteiger partial charge in [0.2, 0.25) is 6.04 Å². The average molecular weight is 375 g/mol. The third-order valence-corrected chi connectivity index (χ3v) is 3.77. The minimum atomic E-state index is -0.970. The van der Waals surface area contributed by atoms with Gasteiger partial charge in [-0.2, -0.15) is 0 Å². The summed E-state index contributed by atoms with van der Waals surface area (Å²) in [6.45, 7) is 1.97. The molecule has 0 bridgehead atoms. The number of unbranched alkanes of at least 4 members (excludes halogenated alkanes) is 1. The molecular weight excluding hydrogens is 342 g/mol. The van der Waals surface area contributed by atoms with Crippen molar-refractivity contribution in [1.82, 2.24) is 0 Å². The molecular formula is C22H32NO4. The Labute approximate surface area is 163 Å². The molecule has 5 nitrogen and oxygen atoms in total. The van der Waals surface area contributed by atoms with E-state index in [9.17, 15) is 20.0 Å². The van der Waals surface area contributed by atoms with Gasteiger partial charge in [0.1, 0.15) is 6.10 Å². The first-order chi connectivity index (χ1) is 13.1. The lowest BCUT2D eigenvalue weighted by atomic mass is 10.0. The fraction of sp³-hybridized carbons (Fsp3) is 0.500. The minimum absolute atomic E-state index is 0.257. The van der Waals surface area contributed by atoms with Crippen LogP contribution in [0.5, 0.6) is 0 Å². The smallest absolute Gasteiger partial charge is 0.242 e. The zero-order chi connectivity index (χ0) is 20.2. The van der Waals surface area contributed by atoms with Crippen molar-refractivity contribution in [3.05, 3.63) is 70.9 Å². The van der Waals surface area contributed by atoms with Gasteiger partial charge in [-0.1, -0.05) is 67.7 Å². The van der Waals surface area contributed by atoms with Crippen molar-refractivity contribution < 1.29 is 14.8 Å². The second-order valence-electron chi connectivity index (χ2n) is 6.05. The zero-order valence-corrected chi connectivity index (χ0v) is 16.2. The van der Waals surface area contributed by atoms with E-state index >= 15 is 0 Å². The Morgan fingerprint density at radius 3 is 1.93 bits per heavy atom. The van der Waals surface area contributed by atoms with Gasteiger partial charge in [0.05, 0.1) is 0 Å². The molecule has 0 aliphatic rings. The van der Waals surface area contributed by atoms with Gasteiger partial charge in [0.25, 0.3) is 0 Å². The first-order valence-electron chi connectivity index (χ1n) is 9.55. The van der Waals surface area contributed by atoms with Gasteiger partial charge in [0.15, 0.2) is 6.29 Å². The normalized spacial score (nSPS) is 14.9. The van der Waals surface area contributed by atoms with Crippen LogP contribution < -0.4 is 0 Å². The van der Waals surface area contributed by atoms with Gasteiger partial charge in [0, 0.05) is 17.8 Å². The molecule has 0 aliphatic heterocycles. The highest BCUT2D eigenvalue weighted by atomic mass is 16.6. The maximum atomic E-state index is 11.0. The molecule has 0 saturated carbocycles. The Morgan fingerprint density at radius 2 is 1.41 bits per heavy atom. The zero-order valence-electron chi connectivity index (χ0n) is 16.2. The van der Waals surface area contributed by atoms with Crippen LogP contribution in [-0.4, -0.2) is 28.5 Å². The van der Waals surface area contributed by atoms with E-state index < -0.39 is 17.1 Å². The lowest BCUT2D eigenvalue weighted by Gasteiger charge is -2.12. The van der Waals surface area contributed by atoms with Crippen LogP contribution in [0.3, 0.4) is 0 Å². The van der Waals surface area contributed by atoms with Crippen LogP contribution in [-0.2, 0) is 4.79 Å². The molecule has 0 saturated heterocycles. The summed E-state index contributed by atoms with van der Waals surface area (Å²) in [5, 5.41) is 21.0. The Morgan fingerprint density at radius 1 is 0.889 bits per heavy atom. The van der Waals surface area contributed by atoms with E-state index in [2.05, 4.69) is 18.2 Å². The number of nitrogens with zero attached hydrogens (tertiary/aromatic N) is 1. The standard InChI is InChI=1S/C22H32NO4/c1-2-3-15-18-21(23(26)27)22(25)19-16-13-11-9-7-5-4-6-8-10-12-14-17-20-24/h3-4,6-7,9-10,12-13,15-16,21-22,25H,2,5,8,11,14,17-19H2,1H3/b6-4-,9-7-,12-10-,15-3-,16-13-. The molecule has 0 spiro atoms. The first kappa shape index (κ1) is 24.7. The van der Waals surface area contributed by atoms with E-state index in [4.69, 9.17) is 0 Å². The molecule has 0 aromatic carbocycles. The molecule has 1 radical (unpaired) electrons. The van der Waals surface area contributed by atoms with Gasteiger partial charge >= 0.3 is 0 Å². The van der Waals surface area contributed by atoms with Gasteiger partial charge in [-0.15, -0.1) is 0 Å². The monoisotopic (exact) mass is 374 g/mol. The molecule has 0 fully saturated rings. The van der Waals surface area contributed by atoms with Crippen molar-refractivity contribution in [2.75, 3.05) is 0 Å². The van der Waals surface area contributed by atoms with E-state index in [0.29, 0.717) is 6.42 Å². The van der Waals surface area contributed by atoms with E-state index in [-0.39, 0.29) is 12.8 Å². The van der Waals surface area contributed by atoms with Crippen LogP contribution in [0.15, 0.2) is 60.8 Å². The van der Waals surface area contributed by atoms with Gasteiger partial charge < -0.3 is 5.11 Å². The lowest BCUT2D eigenvalue weighted by molar-refractivity contribution is -0.533. The summed E-state index contributed by atoms with van der Waals surface area (Å²) in [7, 11) is 0. The van der Waals surface area contributed by atoms with Crippen LogP contribution in [0.2, 0.25) is 0 Å². The predicted octanol–water partition coefficient (Wildman–Crippen LogP) is 5.02. The van der Waals surface area contributed by atoms with Crippen molar-refractivity contribution in [1.29, 1.82) is 0 Å². The maximum absolute atomic E-state index is 11.0. The lowest BCUT2D eigenvalue weighted by Crippen LogP contribution is -2.32. The summed E-state index contributed by atoms with van der Waals surface area (Å²) >= 11 is 0.